The Hall–Kier alpha value is -3.15. The standard InChI is InChI=1S/C26H28FN3O2/c1-15(2)24-23(16-8-10-26(3,11-9-16)25(31)32)20-13-21-17(14-28-29-21)12-22(20)30(24)19-6-4-18(27)5-7-19/h4-7,12-16H,8-11H2,1-3H3,(H,28,29)(H,31,32). The summed E-state index contributed by atoms with van der Waals surface area (Å²) in [5.41, 5.74) is 4.85. The first-order chi connectivity index (χ1) is 15.3. The molecule has 0 saturated heterocycles. The number of benzene rings is 2. The van der Waals surface area contributed by atoms with Gasteiger partial charge >= 0.3 is 5.97 Å². The van der Waals surface area contributed by atoms with E-state index in [0.717, 1.165) is 34.9 Å². The summed E-state index contributed by atoms with van der Waals surface area (Å²) >= 11 is 0. The summed E-state index contributed by atoms with van der Waals surface area (Å²) in [7, 11) is 0. The molecule has 2 N–H and O–H groups in total. The Balaban J connectivity index is 1.75. The van der Waals surface area contributed by atoms with Crippen LogP contribution in [-0.4, -0.2) is 25.8 Å². The van der Waals surface area contributed by atoms with Crippen LogP contribution in [0.5, 0.6) is 0 Å². The molecule has 166 valence electrons. The highest BCUT2D eigenvalue weighted by Crippen LogP contribution is 2.48. The molecule has 0 radical (unpaired) electrons. The van der Waals surface area contributed by atoms with Crippen LogP contribution in [0.15, 0.2) is 42.6 Å². The van der Waals surface area contributed by atoms with Crippen molar-refractivity contribution in [2.24, 2.45) is 5.41 Å². The van der Waals surface area contributed by atoms with E-state index in [1.165, 1.54) is 28.8 Å². The van der Waals surface area contributed by atoms with Gasteiger partial charge in [0.05, 0.1) is 22.6 Å². The Kier molecular flexibility index (Phi) is 4.84. The Bertz CT molecular complexity index is 1310. The number of fused-ring (bicyclic) bond motifs is 2. The number of H-pyrrole nitrogens is 1. The molecule has 2 aromatic carbocycles. The van der Waals surface area contributed by atoms with Crippen molar-refractivity contribution in [3.8, 4) is 5.69 Å². The minimum atomic E-state index is -0.701. The van der Waals surface area contributed by atoms with Gasteiger partial charge < -0.3 is 9.67 Å². The van der Waals surface area contributed by atoms with Crippen LogP contribution in [0, 0.1) is 11.2 Å². The number of aromatic amines is 1. The van der Waals surface area contributed by atoms with Crippen LogP contribution in [0.25, 0.3) is 27.5 Å². The number of carboxylic acid groups (broad SMARTS) is 1. The highest BCUT2D eigenvalue weighted by molar-refractivity contribution is 5.99. The first kappa shape index (κ1) is 20.7. The number of nitrogens with zero attached hydrogens (tertiary/aromatic N) is 2. The fourth-order valence-electron chi connectivity index (χ4n) is 5.39. The van der Waals surface area contributed by atoms with Crippen molar-refractivity contribution in [3.05, 3.63) is 59.7 Å². The van der Waals surface area contributed by atoms with Crippen LogP contribution < -0.4 is 0 Å². The van der Waals surface area contributed by atoms with Gasteiger partial charge in [0, 0.05) is 22.2 Å². The van der Waals surface area contributed by atoms with Crippen molar-refractivity contribution in [1.29, 1.82) is 0 Å². The molecule has 6 heteroatoms. The first-order valence-electron chi connectivity index (χ1n) is 11.3. The molecule has 5 nitrogen and oxygen atoms in total. The van der Waals surface area contributed by atoms with Crippen LogP contribution >= 0.6 is 0 Å². The predicted octanol–water partition coefficient (Wildman–Crippen LogP) is 6.52. The Morgan fingerprint density at radius 3 is 2.53 bits per heavy atom. The van der Waals surface area contributed by atoms with E-state index in [9.17, 15) is 14.3 Å². The van der Waals surface area contributed by atoms with Crippen LogP contribution in [0.1, 0.15) is 69.5 Å². The normalized spacial score (nSPS) is 21.6. The molecule has 5 rings (SSSR count). The van der Waals surface area contributed by atoms with E-state index in [1.807, 2.05) is 25.3 Å². The van der Waals surface area contributed by atoms with Crippen molar-refractivity contribution in [3.63, 3.8) is 0 Å². The number of rotatable bonds is 4. The van der Waals surface area contributed by atoms with Gasteiger partial charge in [-0.15, -0.1) is 0 Å². The molecule has 1 saturated carbocycles. The van der Waals surface area contributed by atoms with E-state index in [-0.39, 0.29) is 17.7 Å². The van der Waals surface area contributed by atoms with Gasteiger partial charge in [0.2, 0.25) is 0 Å². The lowest BCUT2D eigenvalue weighted by atomic mass is 9.69. The van der Waals surface area contributed by atoms with Crippen LogP contribution in [0.3, 0.4) is 0 Å². The maximum atomic E-state index is 13.7. The summed E-state index contributed by atoms with van der Waals surface area (Å²) in [6.07, 6.45) is 4.84. The van der Waals surface area contributed by atoms with Gasteiger partial charge in [-0.25, -0.2) is 4.39 Å². The lowest BCUT2D eigenvalue weighted by Gasteiger charge is -2.34. The largest absolute Gasteiger partial charge is 0.481 e. The van der Waals surface area contributed by atoms with E-state index in [2.05, 4.69) is 40.7 Å². The minimum absolute atomic E-state index is 0.242. The maximum absolute atomic E-state index is 13.7. The third-order valence-electron chi connectivity index (χ3n) is 7.25. The molecule has 2 aromatic heterocycles. The van der Waals surface area contributed by atoms with Crippen molar-refractivity contribution in [2.75, 3.05) is 0 Å². The Morgan fingerprint density at radius 2 is 1.91 bits per heavy atom. The van der Waals surface area contributed by atoms with Gasteiger partial charge in [-0.3, -0.25) is 9.89 Å². The SMILES string of the molecule is CC(C)c1c(C2CCC(C)(C(=O)O)CC2)c2cc3[nH]ncc3cc2n1-c1ccc(F)cc1. The van der Waals surface area contributed by atoms with E-state index in [1.54, 1.807) is 0 Å². The van der Waals surface area contributed by atoms with E-state index in [4.69, 9.17) is 0 Å². The fraction of sp³-hybridized carbons (Fsp3) is 0.385. The highest BCUT2D eigenvalue weighted by Gasteiger charge is 2.39. The van der Waals surface area contributed by atoms with Gasteiger partial charge in [-0.2, -0.15) is 5.10 Å². The second kappa shape index (κ2) is 7.47. The topological polar surface area (TPSA) is 70.9 Å². The third-order valence-corrected chi connectivity index (χ3v) is 7.25. The number of hydrogen-bond donors (Lipinski definition) is 2. The van der Waals surface area contributed by atoms with Crippen LogP contribution in [0.4, 0.5) is 4.39 Å². The Morgan fingerprint density at radius 1 is 1.22 bits per heavy atom. The number of hydrogen-bond acceptors (Lipinski definition) is 2. The molecule has 32 heavy (non-hydrogen) atoms. The molecule has 0 unspecified atom stereocenters. The molecular weight excluding hydrogens is 405 g/mol. The quantitative estimate of drug-likeness (QED) is 0.385. The van der Waals surface area contributed by atoms with Crippen molar-refractivity contribution >= 4 is 27.8 Å². The van der Waals surface area contributed by atoms with Crippen LogP contribution in [0.2, 0.25) is 0 Å². The number of aliphatic carboxylic acids is 1. The van der Waals surface area contributed by atoms with Crippen molar-refractivity contribution < 1.29 is 14.3 Å². The van der Waals surface area contributed by atoms with E-state index < -0.39 is 11.4 Å². The number of carbonyl (C=O) groups is 1. The average molecular weight is 434 g/mol. The fourth-order valence-corrected chi connectivity index (χ4v) is 5.39. The summed E-state index contributed by atoms with van der Waals surface area (Å²) in [5, 5.41) is 19.2. The molecule has 0 amide bonds. The number of aromatic nitrogens is 3. The summed E-state index contributed by atoms with van der Waals surface area (Å²) in [4.78, 5) is 11.8. The van der Waals surface area contributed by atoms with Crippen LogP contribution in [-0.2, 0) is 4.79 Å². The Labute approximate surface area is 186 Å². The molecule has 0 atom stereocenters. The molecular formula is C26H28FN3O2. The molecule has 0 bridgehead atoms. The summed E-state index contributed by atoms with van der Waals surface area (Å²) in [6, 6.07) is 11.0. The number of carboxylic acids is 1. The van der Waals surface area contributed by atoms with E-state index >= 15 is 0 Å². The van der Waals surface area contributed by atoms with Crippen molar-refractivity contribution in [2.45, 2.75) is 58.3 Å². The predicted molar refractivity (Wildman–Crippen MR) is 124 cm³/mol. The second-order valence-corrected chi connectivity index (χ2v) is 9.73. The zero-order valence-corrected chi connectivity index (χ0v) is 18.7. The smallest absolute Gasteiger partial charge is 0.309 e. The lowest BCUT2D eigenvalue weighted by molar-refractivity contribution is -0.149. The molecule has 1 aliphatic carbocycles. The molecule has 4 aromatic rings. The zero-order chi connectivity index (χ0) is 22.6. The number of halogens is 1. The number of nitrogens with one attached hydrogen (secondary N) is 1. The first-order valence-corrected chi connectivity index (χ1v) is 11.3. The lowest BCUT2D eigenvalue weighted by Crippen LogP contribution is -2.32. The molecule has 2 heterocycles. The zero-order valence-electron chi connectivity index (χ0n) is 18.7. The third kappa shape index (κ3) is 3.20. The summed E-state index contributed by atoms with van der Waals surface area (Å²) < 4.78 is 16.0. The molecule has 1 fully saturated rings. The van der Waals surface area contributed by atoms with E-state index in [0.29, 0.717) is 12.8 Å². The minimum Gasteiger partial charge on any atom is -0.481 e. The van der Waals surface area contributed by atoms with Gasteiger partial charge in [0.15, 0.2) is 0 Å². The van der Waals surface area contributed by atoms with Gasteiger partial charge in [0.25, 0.3) is 0 Å². The van der Waals surface area contributed by atoms with Gasteiger partial charge in [-0.05, 0) is 86.4 Å². The summed E-state index contributed by atoms with van der Waals surface area (Å²) in [6.45, 7) is 6.25. The monoisotopic (exact) mass is 433 g/mol. The van der Waals surface area contributed by atoms with Gasteiger partial charge in [-0.1, -0.05) is 13.8 Å². The molecule has 0 aliphatic heterocycles. The maximum Gasteiger partial charge on any atom is 0.309 e. The second-order valence-electron chi connectivity index (χ2n) is 9.73. The molecule has 1 aliphatic rings. The summed E-state index contributed by atoms with van der Waals surface area (Å²) in [5.74, 6) is -0.432. The highest BCUT2D eigenvalue weighted by atomic mass is 19.1. The molecule has 0 spiro atoms. The average Bonchev–Trinajstić information content (AvgIpc) is 3.35. The van der Waals surface area contributed by atoms with Crippen molar-refractivity contribution in [1.82, 2.24) is 14.8 Å². The van der Waals surface area contributed by atoms with Gasteiger partial charge in [0.1, 0.15) is 5.82 Å².